The Hall–Kier alpha value is -1.20. The Morgan fingerprint density at radius 2 is 1.78 bits per heavy atom. The molecule has 0 radical (unpaired) electrons. The smallest absolute Gasteiger partial charge is 0.199 e. The van der Waals surface area contributed by atoms with Gasteiger partial charge in [0.15, 0.2) is 5.79 Å². The Kier molecular flexibility index (Phi) is 4.18. The van der Waals surface area contributed by atoms with Crippen molar-refractivity contribution in [2.45, 2.75) is 103 Å². The van der Waals surface area contributed by atoms with Gasteiger partial charge in [0.1, 0.15) is 11.7 Å². The van der Waals surface area contributed by atoms with Crippen LogP contribution in [0.1, 0.15) is 81.7 Å². The lowest BCUT2D eigenvalue weighted by Crippen LogP contribution is -2.64. The van der Waals surface area contributed by atoms with Crippen molar-refractivity contribution in [1.29, 1.82) is 0 Å². The largest absolute Gasteiger partial charge is 0.393 e. The maximum atomic E-state index is 11.5. The Morgan fingerprint density at radius 1 is 1.03 bits per heavy atom. The molecule has 4 nitrogen and oxygen atoms in total. The fourth-order valence-corrected chi connectivity index (χ4v) is 8.19. The number of ether oxygens (including phenoxy) is 2. The summed E-state index contributed by atoms with van der Waals surface area (Å²) in [5.74, 6) is -0.501. The summed E-state index contributed by atoms with van der Waals surface area (Å²) in [6.45, 7) is 13.1. The van der Waals surface area contributed by atoms with Crippen LogP contribution >= 0.6 is 0 Å². The number of aliphatic hydroxyl groups excluding tert-OH is 2. The van der Waals surface area contributed by atoms with Crippen molar-refractivity contribution in [2.75, 3.05) is 0 Å². The van der Waals surface area contributed by atoms with Crippen LogP contribution in [-0.2, 0) is 27.9 Å². The summed E-state index contributed by atoms with van der Waals surface area (Å²) in [6.07, 6.45) is 8.31. The van der Waals surface area contributed by atoms with Crippen LogP contribution in [0, 0.1) is 30.1 Å². The van der Waals surface area contributed by atoms with Gasteiger partial charge in [0.25, 0.3) is 0 Å². The molecule has 1 aromatic carbocycles. The van der Waals surface area contributed by atoms with E-state index in [1.165, 1.54) is 27.8 Å². The van der Waals surface area contributed by atoms with Gasteiger partial charge in [-0.05, 0) is 86.6 Å². The number of fused-ring (bicyclic) bond motifs is 2. The van der Waals surface area contributed by atoms with Crippen LogP contribution in [-0.4, -0.2) is 33.8 Å². The van der Waals surface area contributed by atoms with E-state index in [0.717, 1.165) is 32.1 Å². The van der Waals surface area contributed by atoms with Gasteiger partial charge in [0.05, 0.1) is 11.7 Å². The van der Waals surface area contributed by atoms with Crippen LogP contribution in [0.25, 0.3) is 6.08 Å². The quantitative estimate of drug-likeness (QED) is 0.619. The lowest BCUT2D eigenvalue weighted by Gasteiger charge is -2.60. The normalized spacial score (nSPS) is 47.9. The average molecular weight is 439 g/mol. The van der Waals surface area contributed by atoms with Crippen molar-refractivity contribution < 1.29 is 19.7 Å². The molecule has 32 heavy (non-hydrogen) atoms. The van der Waals surface area contributed by atoms with Crippen LogP contribution in [0.3, 0.4) is 0 Å². The molecule has 0 unspecified atom stereocenters. The topological polar surface area (TPSA) is 58.9 Å². The van der Waals surface area contributed by atoms with E-state index in [1.807, 2.05) is 0 Å². The van der Waals surface area contributed by atoms with Gasteiger partial charge in [-0.2, -0.15) is 0 Å². The predicted molar refractivity (Wildman–Crippen MR) is 124 cm³/mol. The Labute approximate surface area is 192 Å². The summed E-state index contributed by atoms with van der Waals surface area (Å²) in [4.78, 5) is 0. The molecular formula is C28H38O4. The molecular weight excluding hydrogens is 400 g/mol. The highest BCUT2D eigenvalue weighted by Crippen LogP contribution is 2.71. The van der Waals surface area contributed by atoms with Gasteiger partial charge in [-0.15, -0.1) is 0 Å². The van der Waals surface area contributed by atoms with Crippen molar-refractivity contribution in [3.8, 4) is 0 Å². The number of benzene rings is 1. The molecule has 0 amide bonds. The lowest BCUT2D eigenvalue weighted by atomic mass is 9.57. The van der Waals surface area contributed by atoms with E-state index in [9.17, 15) is 10.2 Å². The molecule has 1 aromatic rings. The molecule has 0 aromatic heterocycles. The van der Waals surface area contributed by atoms with Crippen molar-refractivity contribution >= 4 is 6.08 Å². The summed E-state index contributed by atoms with van der Waals surface area (Å²) in [7, 11) is 0. The molecule has 6 rings (SSSR count). The summed E-state index contributed by atoms with van der Waals surface area (Å²) < 4.78 is 14.0. The van der Waals surface area contributed by atoms with Crippen molar-refractivity contribution in [3.05, 3.63) is 40.0 Å². The van der Waals surface area contributed by atoms with Gasteiger partial charge in [-0.3, -0.25) is 0 Å². The average Bonchev–Trinajstić information content (AvgIpc) is 3.06. The molecule has 3 fully saturated rings. The predicted octanol–water partition coefficient (Wildman–Crippen LogP) is 4.65. The van der Waals surface area contributed by atoms with E-state index in [4.69, 9.17) is 9.47 Å². The van der Waals surface area contributed by atoms with Crippen LogP contribution < -0.4 is 0 Å². The third-order valence-corrected chi connectivity index (χ3v) is 10.5. The zero-order valence-electron chi connectivity index (χ0n) is 20.4. The third kappa shape index (κ3) is 2.28. The SMILES string of the molecule is Cc1c2c(cc3c1C[C@@H](O)CC3)[C@]13CC[C@H]([C@H](C)[C@]4(OC(C)(C)[C@@H](C)[C@H]4O)O1)[C@]3(C)C=C2. The fraction of sp³-hybridized carbons (Fsp3) is 0.714. The van der Waals surface area contributed by atoms with Crippen LogP contribution in [0.2, 0.25) is 0 Å². The van der Waals surface area contributed by atoms with Crippen molar-refractivity contribution in [2.24, 2.45) is 23.2 Å². The maximum Gasteiger partial charge on any atom is 0.199 e. The van der Waals surface area contributed by atoms with E-state index >= 15 is 0 Å². The highest BCUT2D eigenvalue weighted by Gasteiger charge is 2.74. The molecule has 2 bridgehead atoms. The van der Waals surface area contributed by atoms with E-state index in [1.54, 1.807) is 0 Å². The van der Waals surface area contributed by atoms with Gasteiger partial charge in [0.2, 0.25) is 0 Å². The molecule has 3 aliphatic carbocycles. The number of aliphatic hydroxyl groups is 2. The second-order valence-electron chi connectivity index (χ2n) is 12.1. The monoisotopic (exact) mass is 438 g/mol. The van der Waals surface area contributed by atoms with Crippen molar-refractivity contribution in [1.82, 2.24) is 0 Å². The molecule has 1 saturated carbocycles. The minimum Gasteiger partial charge on any atom is -0.393 e. The molecule has 1 spiro atoms. The number of hydrogen-bond donors (Lipinski definition) is 2. The zero-order chi connectivity index (χ0) is 22.8. The van der Waals surface area contributed by atoms with Gasteiger partial charge < -0.3 is 19.7 Å². The maximum absolute atomic E-state index is 11.5. The van der Waals surface area contributed by atoms with Crippen LogP contribution in [0.5, 0.6) is 0 Å². The molecule has 4 heteroatoms. The highest BCUT2D eigenvalue weighted by atomic mass is 16.7. The Bertz CT molecular complexity index is 1030. The van der Waals surface area contributed by atoms with E-state index in [-0.39, 0.29) is 23.4 Å². The van der Waals surface area contributed by atoms with Gasteiger partial charge in [-0.1, -0.05) is 39.0 Å². The molecule has 2 heterocycles. The Morgan fingerprint density at radius 3 is 2.47 bits per heavy atom. The number of aryl methyl sites for hydroxylation is 1. The van der Waals surface area contributed by atoms with Crippen molar-refractivity contribution in [3.63, 3.8) is 0 Å². The fourth-order valence-electron chi connectivity index (χ4n) is 8.19. The second kappa shape index (κ2) is 6.27. The van der Waals surface area contributed by atoms with E-state index < -0.39 is 23.1 Å². The van der Waals surface area contributed by atoms with E-state index in [0.29, 0.717) is 5.92 Å². The molecule has 2 N–H and O–H groups in total. The van der Waals surface area contributed by atoms with Gasteiger partial charge >= 0.3 is 0 Å². The first-order valence-corrected chi connectivity index (χ1v) is 12.6. The third-order valence-electron chi connectivity index (χ3n) is 10.5. The second-order valence-corrected chi connectivity index (χ2v) is 12.1. The summed E-state index contributed by atoms with van der Waals surface area (Å²) in [5.41, 5.74) is 5.42. The molecule has 8 atom stereocenters. The minimum atomic E-state index is -0.980. The van der Waals surface area contributed by atoms with Crippen LogP contribution in [0.15, 0.2) is 12.1 Å². The number of rotatable bonds is 0. The first-order valence-electron chi connectivity index (χ1n) is 12.6. The van der Waals surface area contributed by atoms with Gasteiger partial charge in [0, 0.05) is 17.3 Å². The van der Waals surface area contributed by atoms with E-state index in [2.05, 4.69) is 59.8 Å². The molecule has 5 aliphatic rings. The lowest BCUT2D eigenvalue weighted by molar-refractivity contribution is -0.382. The summed E-state index contributed by atoms with van der Waals surface area (Å²) in [5, 5.41) is 21.8. The first-order chi connectivity index (χ1) is 15.0. The summed E-state index contributed by atoms with van der Waals surface area (Å²) >= 11 is 0. The summed E-state index contributed by atoms with van der Waals surface area (Å²) in [6, 6.07) is 2.38. The molecule has 174 valence electrons. The standard InChI is InChI=1S/C28H38O4/c1-15-20-9-11-26(6)22-10-12-27(26,23(20)13-18-7-8-19(29)14-21(15)18)32-28(16(22)2)24(30)17(3)25(4,5)31-28/h9,11,13,16-17,19,22,24,29-30H,7-8,10,12,14H2,1-6H3/t16-,17-,19-,22+,24+,26-,27-,28-/m0/s1. The molecule has 2 aliphatic heterocycles. The van der Waals surface area contributed by atoms with Crippen LogP contribution in [0.4, 0.5) is 0 Å². The van der Waals surface area contributed by atoms with Gasteiger partial charge in [-0.25, -0.2) is 0 Å². The first kappa shape index (κ1) is 21.3. The number of hydrogen-bond acceptors (Lipinski definition) is 4. The zero-order valence-corrected chi connectivity index (χ0v) is 20.4. The minimum absolute atomic E-state index is 0.00420. The molecule has 2 saturated heterocycles. The highest BCUT2D eigenvalue weighted by molar-refractivity contribution is 5.68. The Balaban J connectivity index is 1.56.